The number of carbonyl (C=O) groups is 2. The first-order valence-corrected chi connectivity index (χ1v) is 11.1. The molecule has 1 N–H and O–H groups in total. The van der Waals surface area contributed by atoms with Crippen molar-refractivity contribution in [2.45, 2.75) is 19.4 Å². The summed E-state index contributed by atoms with van der Waals surface area (Å²) in [5.41, 5.74) is 3.55. The fourth-order valence-electron chi connectivity index (χ4n) is 3.84. The minimum atomic E-state index is -0.339. The Hall–Kier alpha value is -3.91. The molecule has 0 aliphatic carbocycles. The van der Waals surface area contributed by atoms with Crippen LogP contribution in [0.1, 0.15) is 29.3 Å². The summed E-state index contributed by atoms with van der Waals surface area (Å²) in [5.74, 6) is 1.02. The maximum absolute atomic E-state index is 13.2. The van der Waals surface area contributed by atoms with E-state index < -0.39 is 0 Å². The van der Waals surface area contributed by atoms with Crippen LogP contribution in [0.15, 0.2) is 76.4 Å². The lowest BCUT2D eigenvalue weighted by Crippen LogP contribution is -2.39. The van der Waals surface area contributed by atoms with Crippen molar-refractivity contribution < 1.29 is 18.7 Å². The highest BCUT2D eigenvalue weighted by atomic mass is 16.5. The lowest BCUT2D eigenvalue weighted by Gasteiger charge is -2.23. The SMILES string of the molecule is COc1ccc(C2=NN(C(=O)CN(C)CC(=O)Nc3ccc(C)cc3)C(c3ccco3)C2)cc1. The third-order valence-corrected chi connectivity index (χ3v) is 5.61. The molecule has 0 bridgehead atoms. The number of methoxy groups -OCH3 is 1. The van der Waals surface area contributed by atoms with E-state index in [9.17, 15) is 9.59 Å². The molecule has 3 aromatic rings. The first-order valence-electron chi connectivity index (χ1n) is 11.1. The van der Waals surface area contributed by atoms with Crippen LogP contribution >= 0.6 is 0 Å². The molecule has 0 fully saturated rings. The second-order valence-corrected chi connectivity index (χ2v) is 8.34. The van der Waals surface area contributed by atoms with Crippen molar-refractivity contribution in [3.05, 3.63) is 83.8 Å². The number of aryl methyl sites for hydroxylation is 1. The minimum Gasteiger partial charge on any atom is -0.497 e. The molecule has 1 aliphatic rings. The van der Waals surface area contributed by atoms with Crippen molar-refractivity contribution >= 4 is 23.2 Å². The summed E-state index contributed by atoms with van der Waals surface area (Å²) in [6, 6.07) is 18.5. The summed E-state index contributed by atoms with van der Waals surface area (Å²) in [5, 5.41) is 8.95. The highest BCUT2D eigenvalue weighted by molar-refractivity contribution is 6.03. The minimum absolute atomic E-state index is 0.0396. The van der Waals surface area contributed by atoms with Gasteiger partial charge >= 0.3 is 0 Å². The van der Waals surface area contributed by atoms with E-state index in [1.165, 1.54) is 5.01 Å². The van der Waals surface area contributed by atoms with Gasteiger partial charge in [0, 0.05) is 12.1 Å². The van der Waals surface area contributed by atoms with E-state index >= 15 is 0 Å². The molecule has 1 aromatic heterocycles. The number of benzene rings is 2. The molecule has 4 rings (SSSR count). The number of anilines is 1. The van der Waals surface area contributed by atoms with Crippen LogP contribution in [-0.4, -0.2) is 54.7 Å². The normalized spacial score (nSPS) is 15.4. The Bertz CT molecular complexity index is 1150. The van der Waals surface area contributed by atoms with Gasteiger partial charge in [0.15, 0.2) is 0 Å². The van der Waals surface area contributed by atoms with Gasteiger partial charge in [0.25, 0.3) is 5.91 Å². The van der Waals surface area contributed by atoms with E-state index in [1.54, 1.807) is 31.4 Å². The summed E-state index contributed by atoms with van der Waals surface area (Å²) in [4.78, 5) is 27.3. The Morgan fingerprint density at radius 3 is 2.50 bits per heavy atom. The van der Waals surface area contributed by atoms with Gasteiger partial charge in [0.2, 0.25) is 5.91 Å². The number of ether oxygens (including phenoxy) is 1. The number of likely N-dealkylation sites (N-methyl/N-ethyl adjacent to an activating group) is 1. The predicted molar refractivity (Wildman–Crippen MR) is 130 cm³/mol. The van der Waals surface area contributed by atoms with Gasteiger partial charge < -0.3 is 14.5 Å². The summed E-state index contributed by atoms with van der Waals surface area (Å²) < 4.78 is 10.8. The molecule has 34 heavy (non-hydrogen) atoms. The predicted octanol–water partition coefficient (Wildman–Crippen LogP) is 3.84. The van der Waals surface area contributed by atoms with Crippen LogP contribution in [-0.2, 0) is 9.59 Å². The van der Waals surface area contributed by atoms with Crippen molar-refractivity contribution in [1.82, 2.24) is 9.91 Å². The van der Waals surface area contributed by atoms with Crippen LogP contribution in [0.25, 0.3) is 0 Å². The van der Waals surface area contributed by atoms with Crippen LogP contribution in [0, 0.1) is 6.92 Å². The van der Waals surface area contributed by atoms with E-state index in [1.807, 2.05) is 61.5 Å². The van der Waals surface area contributed by atoms with Gasteiger partial charge in [0.1, 0.15) is 17.6 Å². The third-order valence-electron chi connectivity index (χ3n) is 5.61. The molecular weight excluding hydrogens is 432 g/mol. The maximum Gasteiger partial charge on any atom is 0.257 e. The number of furan rings is 1. The molecular formula is C26H28N4O4. The molecule has 8 heteroatoms. The van der Waals surface area contributed by atoms with Crippen LogP contribution in [0.5, 0.6) is 5.75 Å². The zero-order valence-corrected chi connectivity index (χ0v) is 19.5. The fraction of sp³-hybridized carbons (Fsp3) is 0.269. The number of hydrazone groups is 1. The Balaban J connectivity index is 1.43. The average Bonchev–Trinajstić information content (AvgIpc) is 3.50. The second kappa shape index (κ2) is 10.4. The largest absolute Gasteiger partial charge is 0.497 e. The first kappa shape index (κ1) is 23.3. The molecule has 8 nitrogen and oxygen atoms in total. The first-order chi connectivity index (χ1) is 16.4. The second-order valence-electron chi connectivity index (χ2n) is 8.34. The fourth-order valence-corrected chi connectivity index (χ4v) is 3.84. The van der Waals surface area contributed by atoms with Gasteiger partial charge in [-0.15, -0.1) is 0 Å². The number of amides is 2. The Morgan fingerprint density at radius 1 is 1.12 bits per heavy atom. The molecule has 0 saturated heterocycles. The molecule has 176 valence electrons. The molecule has 1 unspecified atom stereocenters. The molecule has 2 aromatic carbocycles. The standard InChI is InChI=1S/C26H28N4O4/c1-18-6-10-20(11-7-18)27-25(31)16-29(2)17-26(32)30-23(24-5-4-14-34-24)15-22(28-30)19-8-12-21(33-3)13-9-19/h4-14,23H,15-17H2,1-3H3,(H,27,31). The zero-order chi connectivity index (χ0) is 24.1. The van der Waals surface area contributed by atoms with E-state index in [2.05, 4.69) is 10.4 Å². The quantitative estimate of drug-likeness (QED) is 0.552. The van der Waals surface area contributed by atoms with Gasteiger partial charge in [0.05, 0.1) is 32.2 Å². The highest BCUT2D eigenvalue weighted by Crippen LogP contribution is 2.33. The monoisotopic (exact) mass is 460 g/mol. The molecule has 1 aliphatic heterocycles. The number of nitrogens with one attached hydrogen (secondary N) is 1. The van der Waals surface area contributed by atoms with Gasteiger partial charge in [-0.2, -0.15) is 5.10 Å². The molecule has 2 amide bonds. The lowest BCUT2D eigenvalue weighted by molar-refractivity contribution is -0.134. The number of hydrogen-bond acceptors (Lipinski definition) is 6. The van der Waals surface area contributed by atoms with Crippen molar-refractivity contribution in [2.75, 3.05) is 32.6 Å². The molecule has 1 atom stereocenters. The van der Waals surface area contributed by atoms with Gasteiger partial charge in [-0.25, -0.2) is 5.01 Å². The van der Waals surface area contributed by atoms with E-state index in [-0.39, 0.29) is 30.9 Å². The smallest absolute Gasteiger partial charge is 0.257 e. The lowest BCUT2D eigenvalue weighted by atomic mass is 10.0. The summed E-state index contributed by atoms with van der Waals surface area (Å²) >= 11 is 0. The Morgan fingerprint density at radius 2 is 1.85 bits per heavy atom. The topological polar surface area (TPSA) is 87.4 Å². The number of nitrogens with zero attached hydrogens (tertiary/aromatic N) is 3. The van der Waals surface area contributed by atoms with Crippen LogP contribution in [0.3, 0.4) is 0 Å². The van der Waals surface area contributed by atoms with Gasteiger partial charge in [-0.3, -0.25) is 14.5 Å². The van der Waals surface area contributed by atoms with E-state index in [0.29, 0.717) is 12.2 Å². The third kappa shape index (κ3) is 5.52. The van der Waals surface area contributed by atoms with Gasteiger partial charge in [-0.05, 0) is 68.1 Å². The molecule has 0 radical (unpaired) electrons. The number of rotatable bonds is 8. The summed E-state index contributed by atoms with van der Waals surface area (Å²) in [6.45, 7) is 2.10. The summed E-state index contributed by atoms with van der Waals surface area (Å²) in [6.07, 6.45) is 2.12. The molecule has 2 heterocycles. The van der Waals surface area contributed by atoms with Crippen LogP contribution in [0.4, 0.5) is 5.69 Å². The van der Waals surface area contributed by atoms with Crippen LogP contribution in [0.2, 0.25) is 0 Å². The van der Waals surface area contributed by atoms with Crippen molar-refractivity contribution in [3.63, 3.8) is 0 Å². The average molecular weight is 461 g/mol. The molecule has 0 spiro atoms. The van der Waals surface area contributed by atoms with Crippen molar-refractivity contribution in [1.29, 1.82) is 0 Å². The number of carbonyl (C=O) groups excluding carboxylic acids is 2. The number of hydrogen-bond donors (Lipinski definition) is 1. The van der Waals surface area contributed by atoms with Crippen molar-refractivity contribution in [2.24, 2.45) is 5.10 Å². The van der Waals surface area contributed by atoms with Crippen LogP contribution < -0.4 is 10.1 Å². The van der Waals surface area contributed by atoms with Crippen molar-refractivity contribution in [3.8, 4) is 5.75 Å². The van der Waals surface area contributed by atoms with Gasteiger partial charge in [-0.1, -0.05) is 17.7 Å². The summed E-state index contributed by atoms with van der Waals surface area (Å²) in [7, 11) is 3.35. The highest BCUT2D eigenvalue weighted by Gasteiger charge is 2.35. The van der Waals surface area contributed by atoms with E-state index in [4.69, 9.17) is 9.15 Å². The molecule has 0 saturated carbocycles. The Labute approximate surface area is 198 Å². The van der Waals surface area contributed by atoms with E-state index in [0.717, 1.165) is 28.3 Å². The zero-order valence-electron chi connectivity index (χ0n) is 19.5. The Kier molecular flexibility index (Phi) is 7.08. The maximum atomic E-state index is 13.2.